The Morgan fingerprint density at radius 1 is 1.03 bits per heavy atom. The lowest BCUT2D eigenvalue weighted by Crippen LogP contribution is -2.34. The molecule has 3 rings (SSSR count). The number of para-hydroxylation sites is 1. The van der Waals surface area contributed by atoms with Gasteiger partial charge in [0.1, 0.15) is 18.2 Å². The van der Waals surface area contributed by atoms with Crippen LogP contribution in [0, 0.1) is 5.82 Å². The summed E-state index contributed by atoms with van der Waals surface area (Å²) >= 11 is 6.21. The van der Waals surface area contributed by atoms with Crippen molar-refractivity contribution < 1.29 is 28.6 Å². The third kappa shape index (κ3) is 7.16. The van der Waals surface area contributed by atoms with Crippen LogP contribution in [-0.4, -0.2) is 47.7 Å². The number of primary amides is 1. The Morgan fingerprint density at radius 3 is 2.42 bits per heavy atom. The van der Waals surface area contributed by atoms with E-state index in [4.69, 9.17) is 22.1 Å². The summed E-state index contributed by atoms with van der Waals surface area (Å²) in [4.78, 5) is 42.3. The van der Waals surface area contributed by atoms with Crippen molar-refractivity contribution in [3.8, 4) is 5.75 Å². The van der Waals surface area contributed by atoms with Gasteiger partial charge in [-0.15, -0.1) is 0 Å². The summed E-state index contributed by atoms with van der Waals surface area (Å²) in [6, 6.07) is 13.2. The van der Waals surface area contributed by atoms with Gasteiger partial charge in [0.25, 0.3) is 5.91 Å². The molecular weight excluding hydrogens is 491 g/mol. The lowest BCUT2D eigenvalue weighted by molar-refractivity contribution is -0.118. The molecule has 0 unspecified atom stereocenters. The Balaban J connectivity index is 1.78. The van der Waals surface area contributed by atoms with Crippen LogP contribution in [0.3, 0.4) is 0 Å². The molecule has 36 heavy (non-hydrogen) atoms. The number of rotatable bonds is 11. The number of nitrogens with two attached hydrogens (primary N) is 1. The van der Waals surface area contributed by atoms with Crippen molar-refractivity contribution in [2.45, 2.75) is 12.8 Å². The first kappa shape index (κ1) is 26.4. The molecule has 1 heterocycles. The summed E-state index contributed by atoms with van der Waals surface area (Å²) in [6.45, 7) is 0.0206. The van der Waals surface area contributed by atoms with E-state index in [9.17, 15) is 23.9 Å². The number of carbonyl (C=O) groups is 3. The molecule has 9 nitrogen and oxygen atoms in total. The maximum absolute atomic E-state index is 14.5. The minimum absolute atomic E-state index is 0.00358. The highest BCUT2D eigenvalue weighted by molar-refractivity contribution is 6.31. The zero-order chi connectivity index (χ0) is 26.1. The van der Waals surface area contributed by atoms with Crippen LogP contribution in [0.25, 0.3) is 0 Å². The molecule has 1 aromatic heterocycles. The number of carbonyl (C=O) groups excluding carboxylic acids is 2. The fourth-order valence-corrected chi connectivity index (χ4v) is 3.68. The van der Waals surface area contributed by atoms with Gasteiger partial charge < -0.3 is 20.5 Å². The summed E-state index contributed by atoms with van der Waals surface area (Å²) in [5.74, 6) is -1.46. The van der Waals surface area contributed by atoms with Crippen LogP contribution in [0.4, 0.5) is 20.6 Å². The van der Waals surface area contributed by atoms with Crippen molar-refractivity contribution in [1.82, 2.24) is 4.98 Å². The third-order valence-electron chi connectivity index (χ3n) is 5.10. The van der Waals surface area contributed by atoms with Crippen molar-refractivity contribution in [2.75, 3.05) is 29.5 Å². The first-order valence-electron chi connectivity index (χ1n) is 10.9. The van der Waals surface area contributed by atoms with E-state index in [2.05, 4.69) is 4.98 Å². The molecule has 0 aliphatic carbocycles. The molecule has 2 aromatic carbocycles. The van der Waals surface area contributed by atoms with E-state index in [0.29, 0.717) is 5.69 Å². The lowest BCUT2D eigenvalue weighted by atomic mass is 10.1. The molecule has 0 bridgehead atoms. The second-order valence-corrected chi connectivity index (χ2v) is 8.08. The van der Waals surface area contributed by atoms with Crippen molar-refractivity contribution >= 4 is 40.9 Å². The van der Waals surface area contributed by atoms with Crippen LogP contribution >= 0.6 is 11.6 Å². The van der Waals surface area contributed by atoms with Crippen LogP contribution in [0.15, 0.2) is 67.0 Å². The predicted molar refractivity (Wildman–Crippen MR) is 133 cm³/mol. The molecule has 3 aromatic rings. The molecule has 0 saturated heterocycles. The number of ether oxygens (including phenoxy) is 1. The minimum atomic E-state index is -1.16. The third-order valence-corrected chi connectivity index (χ3v) is 5.32. The maximum Gasteiger partial charge on any atom is 0.411 e. The SMILES string of the molecule is NC(=O)CCCN(C(=O)c1cc(Cl)cc(OCCN(C(=O)O)c2ccncc2)c1)c1ccccc1F. The van der Waals surface area contributed by atoms with E-state index in [1.807, 2.05) is 0 Å². The number of hydrogen-bond acceptors (Lipinski definition) is 5. The van der Waals surface area contributed by atoms with Gasteiger partial charge >= 0.3 is 6.09 Å². The smallest absolute Gasteiger partial charge is 0.411 e. The largest absolute Gasteiger partial charge is 0.492 e. The highest BCUT2D eigenvalue weighted by Gasteiger charge is 2.22. The number of nitrogens with zero attached hydrogens (tertiary/aromatic N) is 3. The molecule has 3 N–H and O–H groups in total. The highest BCUT2D eigenvalue weighted by Crippen LogP contribution is 2.26. The van der Waals surface area contributed by atoms with Crippen LogP contribution < -0.4 is 20.3 Å². The topological polar surface area (TPSA) is 126 Å². The summed E-state index contributed by atoms with van der Waals surface area (Å²) < 4.78 is 20.2. The number of halogens is 2. The summed E-state index contributed by atoms with van der Waals surface area (Å²) in [6.07, 6.45) is 2.06. The van der Waals surface area contributed by atoms with E-state index < -0.39 is 23.7 Å². The highest BCUT2D eigenvalue weighted by atomic mass is 35.5. The van der Waals surface area contributed by atoms with E-state index in [1.54, 1.807) is 18.2 Å². The van der Waals surface area contributed by atoms with Gasteiger partial charge in [0.05, 0.1) is 17.9 Å². The number of aromatic nitrogens is 1. The first-order chi connectivity index (χ1) is 17.3. The van der Waals surface area contributed by atoms with Crippen LogP contribution in [-0.2, 0) is 4.79 Å². The van der Waals surface area contributed by atoms with Gasteiger partial charge in [0.15, 0.2) is 0 Å². The number of amides is 3. The summed E-state index contributed by atoms with van der Waals surface area (Å²) in [5.41, 5.74) is 5.81. The van der Waals surface area contributed by atoms with Crippen molar-refractivity contribution in [3.05, 3.63) is 83.4 Å². The first-order valence-corrected chi connectivity index (χ1v) is 11.3. The standard InChI is InChI=1S/C25H24ClFN4O5/c26-18-14-17(24(33)31(11-3-6-23(28)32)22-5-2-1-4-21(22)27)15-20(16-18)36-13-12-30(25(34)35)19-7-9-29-10-8-19/h1-2,4-5,7-10,14-16H,3,6,11-13H2,(H2,28,32)(H,34,35). The fourth-order valence-electron chi connectivity index (χ4n) is 3.45. The molecule has 0 spiro atoms. The Morgan fingerprint density at radius 2 is 1.75 bits per heavy atom. The van der Waals surface area contributed by atoms with E-state index in [1.165, 1.54) is 53.7 Å². The number of anilines is 2. The second-order valence-electron chi connectivity index (χ2n) is 7.64. The Kier molecular flexibility index (Phi) is 9.18. The van der Waals surface area contributed by atoms with Gasteiger partial charge in [-0.05, 0) is 48.9 Å². The lowest BCUT2D eigenvalue weighted by Gasteiger charge is -2.24. The molecule has 0 saturated carbocycles. The predicted octanol–water partition coefficient (Wildman–Crippen LogP) is 4.35. The van der Waals surface area contributed by atoms with Gasteiger partial charge in [-0.3, -0.25) is 19.5 Å². The molecule has 0 radical (unpaired) electrons. The van der Waals surface area contributed by atoms with Crippen LogP contribution in [0.2, 0.25) is 5.02 Å². The summed E-state index contributed by atoms with van der Waals surface area (Å²) in [5, 5.41) is 9.70. The second kappa shape index (κ2) is 12.5. The number of carboxylic acid groups (broad SMARTS) is 1. The minimum Gasteiger partial charge on any atom is -0.492 e. The zero-order valence-electron chi connectivity index (χ0n) is 19.1. The van der Waals surface area contributed by atoms with Gasteiger partial charge in [0.2, 0.25) is 5.91 Å². The average Bonchev–Trinajstić information content (AvgIpc) is 2.84. The molecule has 0 fully saturated rings. The van der Waals surface area contributed by atoms with E-state index >= 15 is 0 Å². The Labute approximate surface area is 211 Å². The Hall–Kier alpha value is -4.18. The molecule has 188 valence electrons. The van der Waals surface area contributed by atoms with Crippen molar-refractivity contribution in [3.63, 3.8) is 0 Å². The molecule has 0 atom stereocenters. The quantitative estimate of drug-likeness (QED) is 0.392. The molecule has 0 aliphatic heterocycles. The van der Waals surface area contributed by atoms with E-state index in [-0.39, 0.29) is 54.6 Å². The van der Waals surface area contributed by atoms with Gasteiger partial charge in [-0.1, -0.05) is 23.7 Å². The zero-order valence-corrected chi connectivity index (χ0v) is 19.9. The molecule has 11 heteroatoms. The van der Waals surface area contributed by atoms with Crippen molar-refractivity contribution in [2.24, 2.45) is 5.73 Å². The average molecular weight is 515 g/mol. The number of pyridine rings is 1. The van der Waals surface area contributed by atoms with E-state index in [0.717, 1.165) is 4.90 Å². The van der Waals surface area contributed by atoms with Crippen LogP contribution in [0.5, 0.6) is 5.75 Å². The summed E-state index contributed by atoms with van der Waals surface area (Å²) in [7, 11) is 0. The van der Waals surface area contributed by atoms with Crippen LogP contribution in [0.1, 0.15) is 23.2 Å². The maximum atomic E-state index is 14.5. The number of hydrogen-bond donors (Lipinski definition) is 2. The normalized spacial score (nSPS) is 10.5. The molecule has 3 amide bonds. The van der Waals surface area contributed by atoms with Gasteiger partial charge in [-0.25, -0.2) is 9.18 Å². The number of benzene rings is 2. The van der Waals surface area contributed by atoms with Gasteiger partial charge in [0, 0.05) is 35.9 Å². The molecule has 0 aliphatic rings. The fraction of sp³-hybridized carbons (Fsp3) is 0.200. The van der Waals surface area contributed by atoms with Crippen molar-refractivity contribution in [1.29, 1.82) is 0 Å². The molecular formula is C25H24ClFN4O5. The van der Waals surface area contributed by atoms with Gasteiger partial charge in [-0.2, -0.15) is 0 Å². The monoisotopic (exact) mass is 514 g/mol. The Bertz CT molecular complexity index is 1230.